The lowest BCUT2D eigenvalue weighted by Crippen LogP contribution is -2.43. The van der Waals surface area contributed by atoms with Crippen LogP contribution >= 0.6 is 0 Å². The summed E-state index contributed by atoms with van der Waals surface area (Å²) in [6, 6.07) is 7.03. The predicted molar refractivity (Wildman–Crippen MR) is 107 cm³/mol. The first-order chi connectivity index (χ1) is 13.1. The standard InChI is InChI=1S/C20H24N6O2/c1-19(2)11-23-15-9-13(5-6-14(15)19)26-16(27)20(3,4)25(18(26)28)10-12-7-8-22-17(21)24-12/h5-9,23H,10-11H2,1-4H3,(H2,21,22,24). The fourth-order valence-electron chi connectivity index (χ4n) is 3.81. The highest BCUT2D eigenvalue weighted by molar-refractivity contribution is 6.23. The van der Waals surface area contributed by atoms with Crippen LogP contribution in [0.5, 0.6) is 0 Å². The molecule has 0 aliphatic carbocycles. The molecule has 8 nitrogen and oxygen atoms in total. The Kier molecular flexibility index (Phi) is 3.85. The lowest BCUT2D eigenvalue weighted by atomic mass is 9.87. The molecule has 0 spiro atoms. The molecule has 3 amide bonds. The first-order valence-electron chi connectivity index (χ1n) is 9.23. The lowest BCUT2D eigenvalue weighted by molar-refractivity contribution is -0.123. The molecular formula is C20H24N6O2. The van der Waals surface area contributed by atoms with Crippen LogP contribution < -0.4 is 16.0 Å². The minimum atomic E-state index is -0.998. The van der Waals surface area contributed by atoms with Crippen LogP contribution in [0.2, 0.25) is 0 Å². The van der Waals surface area contributed by atoms with E-state index >= 15 is 0 Å². The maximum absolute atomic E-state index is 13.2. The average molecular weight is 380 g/mol. The van der Waals surface area contributed by atoms with Gasteiger partial charge >= 0.3 is 6.03 Å². The van der Waals surface area contributed by atoms with Crippen molar-refractivity contribution in [3.05, 3.63) is 41.7 Å². The van der Waals surface area contributed by atoms with Crippen LogP contribution in [0.4, 0.5) is 22.1 Å². The predicted octanol–water partition coefficient (Wildman–Crippen LogP) is 2.51. The van der Waals surface area contributed by atoms with Crippen molar-refractivity contribution in [1.29, 1.82) is 0 Å². The SMILES string of the molecule is CC1(C)CNc2cc(N3C(=O)N(Cc4ccnc(N)n4)C(C)(C)C3=O)ccc21. The number of rotatable bonds is 3. The van der Waals surface area contributed by atoms with Gasteiger partial charge in [-0.2, -0.15) is 0 Å². The van der Waals surface area contributed by atoms with Crippen molar-refractivity contribution in [2.45, 2.75) is 45.2 Å². The van der Waals surface area contributed by atoms with Gasteiger partial charge in [0.2, 0.25) is 5.95 Å². The van der Waals surface area contributed by atoms with E-state index in [0.717, 1.165) is 12.2 Å². The molecule has 1 fully saturated rings. The van der Waals surface area contributed by atoms with Gasteiger partial charge in [-0.3, -0.25) is 4.79 Å². The molecule has 4 rings (SSSR count). The van der Waals surface area contributed by atoms with Crippen molar-refractivity contribution >= 4 is 29.3 Å². The lowest BCUT2D eigenvalue weighted by Gasteiger charge is -2.27. The number of hydrogen-bond donors (Lipinski definition) is 2. The summed E-state index contributed by atoms with van der Waals surface area (Å²) in [4.78, 5) is 37.1. The molecule has 8 heteroatoms. The van der Waals surface area contributed by atoms with Gasteiger partial charge in [0, 0.05) is 23.8 Å². The number of hydrogen-bond acceptors (Lipinski definition) is 6. The second-order valence-corrected chi connectivity index (χ2v) is 8.44. The third kappa shape index (κ3) is 2.67. The average Bonchev–Trinajstić information content (AvgIpc) is 3.01. The fraction of sp³-hybridized carbons (Fsp3) is 0.400. The smallest absolute Gasteiger partial charge is 0.332 e. The number of anilines is 3. The first kappa shape index (κ1) is 18.2. The Bertz CT molecular complexity index is 984. The second-order valence-electron chi connectivity index (χ2n) is 8.44. The van der Waals surface area contributed by atoms with Gasteiger partial charge in [0.05, 0.1) is 17.9 Å². The van der Waals surface area contributed by atoms with E-state index in [4.69, 9.17) is 5.73 Å². The highest BCUT2D eigenvalue weighted by Crippen LogP contribution is 2.40. The van der Waals surface area contributed by atoms with E-state index in [1.54, 1.807) is 26.1 Å². The van der Waals surface area contributed by atoms with Crippen LogP contribution in [0.25, 0.3) is 0 Å². The minimum absolute atomic E-state index is 0.0190. The van der Waals surface area contributed by atoms with Crippen molar-refractivity contribution in [2.75, 3.05) is 22.5 Å². The number of nitrogen functional groups attached to an aromatic ring is 1. The molecule has 3 N–H and O–H groups in total. The number of nitrogens with zero attached hydrogens (tertiary/aromatic N) is 4. The van der Waals surface area contributed by atoms with Gasteiger partial charge in [0.15, 0.2) is 0 Å². The van der Waals surface area contributed by atoms with E-state index in [-0.39, 0.29) is 29.8 Å². The van der Waals surface area contributed by atoms with E-state index < -0.39 is 5.54 Å². The Hall–Kier alpha value is -3.16. The highest BCUT2D eigenvalue weighted by Gasteiger charge is 2.52. The van der Waals surface area contributed by atoms with Gasteiger partial charge in [-0.05, 0) is 37.6 Å². The highest BCUT2D eigenvalue weighted by atomic mass is 16.2. The van der Waals surface area contributed by atoms with Crippen LogP contribution in [0.3, 0.4) is 0 Å². The molecule has 2 aromatic rings. The van der Waals surface area contributed by atoms with Crippen LogP contribution in [-0.2, 0) is 16.8 Å². The number of nitrogens with one attached hydrogen (secondary N) is 1. The summed E-state index contributed by atoms with van der Waals surface area (Å²) in [5.41, 5.74) is 7.96. The first-order valence-corrected chi connectivity index (χ1v) is 9.23. The third-order valence-electron chi connectivity index (χ3n) is 5.59. The Morgan fingerprint density at radius 3 is 2.64 bits per heavy atom. The Labute approximate surface area is 163 Å². The summed E-state index contributed by atoms with van der Waals surface area (Å²) < 4.78 is 0. The molecule has 0 radical (unpaired) electrons. The molecule has 146 valence electrons. The van der Waals surface area contributed by atoms with E-state index in [9.17, 15) is 9.59 Å². The van der Waals surface area contributed by atoms with Crippen LogP contribution in [0.15, 0.2) is 30.5 Å². The van der Waals surface area contributed by atoms with Gasteiger partial charge in [-0.1, -0.05) is 19.9 Å². The van der Waals surface area contributed by atoms with Crippen LogP contribution in [0.1, 0.15) is 39.0 Å². The van der Waals surface area contributed by atoms with Crippen LogP contribution in [-0.4, -0.2) is 38.9 Å². The second kappa shape index (κ2) is 5.92. The molecule has 3 heterocycles. The normalized spacial score (nSPS) is 19.7. The van der Waals surface area contributed by atoms with Crippen molar-refractivity contribution in [1.82, 2.24) is 14.9 Å². The number of carbonyl (C=O) groups excluding carboxylic acids is 2. The summed E-state index contributed by atoms with van der Waals surface area (Å²) in [7, 11) is 0. The van der Waals surface area contributed by atoms with Crippen molar-refractivity contribution in [3.63, 3.8) is 0 Å². The summed E-state index contributed by atoms with van der Waals surface area (Å²) in [6.07, 6.45) is 1.54. The molecule has 1 aromatic heterocycles. The van der Waals surface area contributed by atoms with Crippen molar-refractivity contribution in [2.24, 2.45) is 0 Å². The number of amides is 3. The maximum atomic E-state index is 13.2. The van der Waals surface area contributed by atoms with Gasteiger partial charge in [-0.25, -0.2) is 19.7 Å². The summed E-state index contributed by atoms with van der Waals surface area (Å²) in [5, 5.41) is 3.37. The number of fused-ring (bicyclic) bond motifs is 1. The zero-order chi connectivity index (χ0) is 20.3. The monoisotopic (exact) mass is 380 g/mol. The van der Waals surface area contributed by atoms with Crippen molar-refractivity contribution in [3.8, 4) is 0 Å². The van der Waals surface area contributed by atoms with Gasteiger partial charge in [-0.15, -0.1) is 0 Å². The summed E-state index contributed by atoms with van der Waals surface area (Å²) >= 11 is 0. The third-order valence-corrected chi connectivity index (χ3v) is 5.59. The molecule has 1 saturated heterocycles. The largest absolute Gasteiger partial charge is 0.384 e. The van der Waals surface area contributed by atoms with Crippen molar-refractivity contribution < 1.29 is 9.59 Å². The molecular weight excluding hydrogens is 356 g/mol. The fourth-order valence-corrected chi connectivity index (χ4v) is 3.81. The Morgan fingerprint density at radius 1 is 1.18 bits per heavy atom. The molecule has 0 bridgehead atoms. The number of urea groups is 1. The number of carbonyl (C=O) groups is 2. The van der Waals surface area contributed by atoms with Gasteiger partial charge in [0.1, 0.15) is 5.54 Å². The molecule has 2 aliphatic rings. The number of benzene rings is 1. The van der Waals surface area contributed by atoms with Crippen LogP contribution in [0, 0.1) is 0 Å². The summed E-state index contributed by atoms with van der Waals surface area (Å²) in [5.74, 6) is -0.130. The van der Waals surface area contributed by atoms with E-state index in [0.29, 0.717) is 11.4 Å². The van der Waals surface area contributed by atoms with Gasteiger partial charge < -0.3 is 16.0 Å². The Morgan fingerprint density at radius 2 is 1.93 bits per heavy atom. The van der Waals surface area contributed by atoms with Gasteiger partial charge in [0.25, 0.3) is 5.91 Å². The quantitative estimate of drug-likeness (QED) is 0.793. The topological polar surface area (TPSA) is 104 Å². The van der Waals surface area contributed by atoms with E-state index in [1.165, 1.54) is 15.4 Å². The van der Waals surface area contributed by atoms with E-state index in [1.807, 2.05) is 18.2 Å². The number of nitrogens with two attached hydrogens (primary N) is 1. The zero-order valence-electron chi connectivity index (χ0n) is 16.5. The van der Waals surface area contributed by atoms with E-state index in [2.05, 4.69) is 29.1 Å². The maximum Gasteiger partial charge on any atom is 0.332 e. The molecule has 0 saturated carbocycles. The summed E-state index contributed by atoms with van der Waals surface area (Å²) in [6.45, 7) is 8.81. The molecule has 1 aromatic carbocycles. The molecule has 0 unspecified atom stereocenters. The minimum Gasteiger partial charge on any atom is -0.384 e. The molecule has 0 atom stereocenters. The number of imide groups is 1. The molecule has 28 heavy (non-hydrogen) atoms. The zero-order valence-corrected chi connectivity index (χ0v) is 16.5. The Balaban J connectivity index is 1.68. The molecule has 2 aliphatic heterocycles. The number of aromatic nitrogens is 2.